The van der Waals surface area contributed by atoms with Crippen LogP contribution in [0.3, 0.4) is 0 Å². The van der Waals surface area contributed by atoms with Crippen LogP contribution in [0.25, 0.3) is 0 Å². The van der Waals surface area contributed by atoms with Crippen LogP contribution >= 0.6 is 0 Å². The largest absolute Gasteiger partial charge is 0.421 e. The number of rotatable bonds is 1. The Morgan fingerprint density at radius 3 is 1.91 bits per heavy atom. The molecule has 0 radical (unpaired) electrons. The number of carbonyl (C=O) groups is 3. The number of carbonyl (C=O) groups excluding carboxylic acids is 3. The zero-order valence-corrected chi connectivity index (χ0v) is 5.62. The van der Waals surface area contributed by atoms with Crippen LogP contribution in [0.1, 0.15) is 6.92 Å². The summed E-state index contributed by atoms with van der Waals surface area (Å²) in [4.78, 5) is 31.3. The van der Waals surface area contributed by atoms with Gasteiger partial charge in [-0.25, -0.2) is 9.59 Å². The van der Waals surface area contributed by atoms with Gasteiger partial charge in [0.25, 0.3) is 0 Å². The van der Waals surface area contributed by atoms with E-state index >= 15 is 0 Å². The molecule has 0 aromatic carbocycles. The standard InChI is InChI=1S/C5H5NO5/c1-5(4(6)9)10-2(7)3(8)11-5/h1H3,(H2,6,9). The van der Waals surface area contributed by atoms with E-state index in [2.05, 4.69) is 9.47 Å². The van der Waals surface area contributed by atoms with Crippen LogP contribution in [-0.4, -0.2) is 23.6 Å². The van der Waals surface area contributed by atoms with Crippen molar-refractivity contribution in [2.45, 2.75) is 12.7 Å². The van der Waals surface area contributed by atoms with Crippen LogP contribution in [0.2, 0.25) is 0 Å². The van der Waals surface area contributed by atoms with Gasteiger partial charge in [0.1, 0.15) is 0 Å². The van der Waals surface area contributed by atoms with Crippen molar-refractivity contribution in [2.24, 2.45) is 5.73 Å². The van der Waals surface area contributed by atoms with Crippen molar-refractivity contribution in [3.8, 4) is 0 Å². The van der Waals surface area contributed by atoms with E-state index in [1.54, 1.807) is 0 Å². The Morgan fingerprint density at radius 1 is 1.36 bits per heavy atom. The number of cyclic esters (lactones) is 2. The molecular formula is C5H5NO5. The summed E-state index contributed by atoms with van der Waals surface area (Å²) in [6.45, 7) is 1.10. The van der Waals surface area contributed by atoms with Crippen LogP contribution in [-0.2, 0) is 23.9 Å². The summed E-state index contributed by atoms with van der Waals surface area (Å²) in [6, 6.07) is 0. The highest BCUT2D eigenvalue weighted by Gasteiger charge is 2.49. The summed E-state index contributed by atoms with van der Waals surface area (Å²) in [7, 11) is 0. The van der Waals surface area contributed by atoms with Crippen molar-refractivity contribution < 1.29 is 23.9 Å². The van der Waals surface area contributed by atoms with Crippen molar-refractivity contribution in [1.82, 2.24) is 0 Å². The highest BCUT2D eigenvalue weighted by molar-refractivity contribution is 6.32. The van der Waals surface area contributed by atoms with Crippen LogP contribution < -0.4 is 5.73 Å². The van der Waals surface area contributed by atoms with Crippen molar-refractivity contribution in [3.63, 3.8) is 0 Å². The van der Waals surface area contributed by atoms with E-state index in [0.717, 1.165) is 6.92 Å². The number of esters is 2. The molecule has 0 aliphatic carbocycles. The Labute approximate surface area is 61.2 Å². The maximum Gasteiger partial charge on any atom is 0.421 e. The first kappa shape index (κ1) is 7.52. The fourth-order valence-corrected chi connectivity index (χ4v) is 0.559. The molecule has 6 heteroatoms. The van der Waals surface area contributed by atoms with Crippen molar-refractivity contribution in [1.29, 1.82) is 0 Å². The topological polar surface area (TPSA) is 95.7 Å². The van der Waals surface area contributed by atoms with Gasteiger partial charge in [-0.3, -0.25) is 4.79 Å². The van der Waals surface area contributed by atoms with Gasteiger partial charge < -0.3 is 15.2 Å². The number of ether oxygens (including phenoxy) is 2. The van der Waals surface area contributed by atoms with Gasteiger partial charge in [-0.1, -0.05) is 0 Å². The maximum atomic E-state index is 10.5. The van der Waals surface area contributed by atoms with Crippen molar-refractivity contribution in [3.05, 3.63) is 0 Å². The quantitative estimate of drug-likeness (QED) is 0.363. The van der Waals surface area contributed by atoms with Gasteiger partial charge in [-0.2, -0.15) is 0 Å². The smallest absolute Gasteiger partial charge is 0.405 e. The van der Waals surface area contributed by atoms with Crippen LogP contribution in [0.5, 0.6) is 0 Å². The van der Waals surface area contributed by atoms with Crippen LogP contribution in [0.4, 0.5) is 0 Å². The number of nitrogens with two attached hydrogens (primary N) is 1. The molecule has 2 N–H and O–H groups in total. The predicted octanol–water partition coefficient (Wildman–Crippen LogP) is -1.71. The van der Waals surface area contributed by atoms with Gasteiger partial charge >= 0.3 is 23.6 Å². The van der Waals surface area contributed by atoms with E-state index in [9.17, 15) is 14.4 Å². The highest BCUT2D eigenvalue weighted by Crippen LogP contribution is 2.19. The Kier molecular flexibility index (Phi) is 1.33. The first-order valence-electron chi connectivity index (χ1n) is 2.72. The minimum absolute atomic E-state index is 1.02. The molecule has 0 atom stereocenters. The molecule has 1 amide bonds. The summed E-state index contributed by atoms with van der Waals surface area (Å²) in [5, 5.41) is 0. The zero-order valence-electron chi connectivity index (χ0n) is 5.62. The molecule has 0 aromatic heterocycles. The summed E-state index contributed by atoms with van der Waals surface area (Å²) < 4.78 is 8.47. The van der Waals surface area contributed by atoms with E-state index in [4.69, 9.17) is 5.73 Å². The zero-order chi connectivity index (χ0) is 8.65. The molecule has 11 heavy (non-hydrogen) atoms. The summed E-state index contributed by atoms with van der Waals surface area (Å²) >= 11 is 0. The van der Waals surface area contributed by atoms with Gasteiger partial charge in [0.2, 0.25) is 0 Å². The fraction of sp³-hybridized carbons (Fsp3) is 0.400. The van der Waals surface area contributed by atoms with E-state index in [1.165, 1.54) is 0 Å². The molecule has 0 aromatic rings. The lowest BCUT2D eigenvalue weighted by atomic mass is 10.3. The van der Waals surface area contributed by atoms with Crippen molar-refractivity contribution in [2.75, 3.05) is 0 Å². The van der Waals surface area contributed by atoms with Gasteiger partial charge in [-0.15, -0.1) is 0 Å². The summed E-state index contributed by atoms with van der Waals surface area (Å²) in [5.41, 5.74) is 4.76. The first-order valence-corrected chi connectivity index (χ1v) is 2.72. The average Bonchev–Trinajstić information content (AvgIpc) is 2.09. The van der Waals surface area contributed by atoms with Crippen LogP contribution in [0, 0.1) is 0 Å². The van der Waals surface area contributed by atoms with Crippen molar-refractivity contribution >= 4 is 17.8 Å². The molecule has 1 aliphatic heterocycles. The summed E-state index contributed by atoms with van der Waals surface area (Å²) in [6.07, 6.45) is 0. The molecule has 6 nitrogen and oxygen atoms in total. The molecule has 1 saturated heterocycles. The number of hydrogen-bond acceptors (Lipinski definition) is 5. The van der Waals surface area contributed by atoms with Gasteiger partial charge in [0.15, 0.2) is 0 Å². The van der Waals surface area contributed by atoms with E-state index in [1.807, 2.05) is 0 Å². The van der Waals surface area contributed by atoms with E-state index in [0.29, 0.717) is 0 Å². The molecular weight excluding hydrogens is 154 g/mol. The number of amides is 1. The molecule has 0 saturated carbocycles. The maximum absolute atomic E-state index is 10.5. The fourth-order valence-electron chi connectivity index (χ4n) is 0.559. The molecule has 1 aliphatic rings. The second-order valence-electron chi connectivity index (χ2n) is 2.09. The predicted molar refractivity (Wildman–Crippen MR) is 29.8 cm³/mol. The molecule has 1 fully saturated rings. The normalized spacial score (nSPS) is 20.8. The van der Waals surface area contributed by atoms with E-state index < -0.39 is 23.6 Å². The third-order valence-corrected chi connectivity index (χ3v) is 1.19. The lowest BCUT2D eigenvalue weighted by Gasteiger charge is -2.14. The Bertz CT molecular complexity index is 229. The molecule has 60 valence electrons. The average molecular weight is 159 g/mol. The molecule has 1 heterocycles. The number of primary amides is 1. The third-order valence-electron chi connectivity index (χ3n) is 1.19. The molecule has 0 unspecified atom stereocenters. The third kappa shape index (κ3) is 1.02. The van der Waals surface area contributed by atoms with Gasteiger partial charge in [0.05, 0.1) is 0 Å². The lowest BCUT2D eigenvalue weighted by Crippen LogP contribution is -2.42. The highest BCUT2D eigenvalue weighted by atomic mass is 16.8. The Hall–Kier alpha value is -1.59. The second-order valence-corrected chi connectivity index (χ2v) is 2.09. The Morgan fingerprint density at radius 2 is 1.73 bits per heavy atom. The molecule has 0 spiro atoms. The lowest BCUT2D eigenvalue weighted by molar-refractivity contribution is -0.182. The molecule has 1 rings (SSSR count). The van der Waals surface area contributed by atoms with Gasteiger partial charge in [-0.05, 0) is 0 Å². The van der Waals surface area contributed by atoms with Crippen LogP contribution in [0.15, 0.2) is 0 Å². The SMILES string of the molecule is CC1(C(N)=O)OC(=O)C(=O)O1. The monoisotopic (exact) mass is 159 g/mol. The van der Waals surface area contributed by atoms with Gasteiger partial charge in [0, 0.05) is 6.92 Å². The Balaban J connectivity index is 2.88. The minimum Gasteiger partial charge on any atom is -0.405 e. The van der Waals surface area contributed by atoms with E-state index in [-0.39, 0.29) is 0 Å². The second kappa shape index (κ2) is 1.94. The minimum atomic E-state index is -1.92. The first-order chi connectivity index (χ1) is 4.96. The number of hydrogen-bond donors (Lipinski definition) is 1. The molecule has 0 bridgehead atoms. The summed E-state index contributed by atoms with van der Waals surface area (Å²) in [5.74, 6) is -5.34.